The van der Waals surface area contributed by atoms with Crippen LogP contribution >= 0.6 is 27.5 Å². The minimum Gasteiger partial charge on any atom is -0.289 e. The molecule has 1 heterocycles. The van der Waals surface area contributed by atoms with Crippen LogP contribution in [0, 0.1) is 0 Å². The lowest BCUT2D eigenvalue weighted by Crippen LogP contribution is -2.01. The van der Waals surface area contributed by atoms with Crippen molar-refractivity contribution < 1.29 is 4.79 Å². The first-order valence-electron chi connectivity index (χ1n) is 4.57. The Morgan fingerprint density at radius 1 is 1.19 bits per heavy atom. The average molecular weight is 297 g/mol. The first-order chi connectivity index (χ1) is 7.66. The molecule has 0 radical (unpaired) electrons. The third-order valence-electron chi connectivity index (χ3n) is 2.05. The van der Waals surface area contributed by atoms with Gasteiger partial charge in [-0.25, -0.2) is 0 Å². The van der Waals surface area contributed by atoms with E-state index in [-0.39, 0.29) is 5.78 Å². The molecule has 2 rings (SSSR count). The Kier molecular flexibility index (Phi) is 3.36. The van der Waals surface area contributed by atoms with Crippen molar-refractivity contribution in [3.05, 3.63) is 63.3 Å². The molecule has 80 valence electrons. The number of hydrogen-bond donors (Lipinski definition) is 0. The van der Waals surface area contributed by atoms with E-state index in [0.717, 1.165) is 4.47 Å². The van der Waals surface area contributed by atoms with Crippen LogP contribution < -0.4 is 0 Å². The first-order valence-corrected chi connectivity index (χ1v) is 5.75. The zero-order valence-corrected chi connectivity index (χ0v) is 10.5. The molecule has 0 amide bonds. The molecule has 0 aliphatic heterocycles. The minimum absolute atomic E-state index is 0.0868. The van der Waals surface area contributed by atoms with Gasteiger partial charge in [-0.15, -0.1) is 0 Å². The number of rotatable bonds is 2. The van der Waals surface area contributed by atoms with E-state index in [9.17, 15) is 4.79 Å². The molecule has 2 nitrogen and oxygen atoms in total. The predicted molar refractivity (Wildman–Crippen MR) is 66.8 cm³/mol. The van der Waals surface area contributed by atoms with Crippen LogP contribution in [-0.4, -0.2) is 10.8 Å². The summed E-state index contributed by atoms with van der Waals surface area (Å²) in [6, 6.07) is 8.59. The van der Waals surface area contributed by atoms with Crippen LogP contribution in [0.5, 0.6) is 0 Å². The lowest BCUT2D eigenvalue weighted by Gasteiger charge is -2.01. The van der Waals surface area contributed by atoms with Crippen molar-refractivity contribution in [3.63, 3.8) is 0 Å². The molecule has 0 spiro atoms. The number of pyridine rings is 1. The van der Waals surface area contributed by atoms with Gasteiger partial charge in [-0.05, 0) is 34.1 Å². The van der Waals surface area contributed by atoms with Crippen molar-refractivity contribution in [3.8, 4) is 0 Å². The van der Waals surface area contributed by atoms with Crippen LogP contribution in [0.4, 0.5) is 0 Å². The summed E-state index contributed by atoms with van der Waals surface area (Å²) in [5.41, 5.74) is 1.10. The Hall–Kier alpha value is -1.19. The molecular weight excluding hydrogens is 289 g/mol. The third kappa shape index (κ3) is 2.49. The van der Waals surface area contributed by atoms with Crippen molar-refractivity contribution in [1.82, 2.24) is 4.98 Å². The van der Waals surface area contributed by atoms with E-state index in [1.54, 1.807) is 36.5 Å². The molecule has 2 aromatic rings. The highest BCUT2D eigenvalue weighted by atomic mass is 79.9. The van der Waals surface area contributed by atoms with Crippen LogP contribution in [0.25, 0.3) is 0 Å². The maximum atomic E-state index is 12.0. The molecule has 0 fully saturated rings. The molecule has 4 heteroatoms. The van der Waals surface area contributed by atoms with Crippen LogP contribution in [0.2, 0.25) is 5.02 Å². The van der Waals surface area contributed by atoms with E-state index in [2.05, 4.69) is 20.9 Å². The summed E-state index contributed by atoms with van der Waals surface area (Å²) in [6.07, 6.45) is 3.17. The van der Waals surface area contributed by atoms with E-state index in [0.29, 0.717) is 16.1 Å². The number of nitrogens with zero attached hydrogens (tertiary/aromatic N) is 1. The molecule has 0 N–H and O–H groups in total. The van der Waals surface area contributed by atoms with Gasteiger partial charge in [0.05, 0.1) is 0 Å². The number of halogens is 2. The lowest BCUT2D eigenvalue weighted by atomic mass is 10.1. The highest BCUT2D eigenvalue weighted by molar-refractivity contribution is 9.10. The van der Waals surface area contributed by atoms with Gasteiger partial charge < -0.3 is 0 Å². The van der Waals surface area contributed by atoms with Gasteiger partial charge in [-0.2, -0.15) is 0 Å². The summed E-state index contributed by atoms with van der Waals surface area (Å²) >= 11 is 9.11. The highest BCUT2D eigenvalue weighted by Gasteiger charge is 2.09. The minimum atomic E-state index is -0.0868. The van der Waals surface area contributed by atoms with Gasteiger partial charge in [0.25, 0.3) is 0 Å². The number of carbonyl (C=O) groups is 1. The SMILES string of the molecule is O=C(c1cccc(Cl)c1)c1cncc(Br)c1. The van der Waals surface area contributed by atoms with E-state index >= 15 is 0 Å². The van der Waals surface area contributed by atoms with Crippen LogP contribution in [0.1, 0.15) is 15.9 Å². The van der Waals surface area contributed by atoms with Gasteiger partial charge >= 0.3 is 0 Å². The number of carbonyl (C=O) groups excluding carboxylic acids is 1. The number of hydrogen-bond acceptors (Lipinski definition) is 2. The van der Waals surface area contributed by atoms with Crippen LogP contribution in [-0.2, 0) is 0 Å². The van der Waals surface area contributed by atoms with Crippen molar-refractivity contribution in [2.45, 2.75) is 0 Å². The molecule has 0 saturated heterocycles. The Morgan fingerprint density at radius 2 is 2.00 bits per heavy atom. The Morgan fingerprint density at radius 3 is 2.69 bits per heavy atom. The van der Waals surface area contributed by atoms with Crippen molar-refractivity contribution in [2.75, 3.05) is 0 Å². The topological polar surface area (TPSA) is 30.0 Å². The first kappa shape index (κ1) is 11.3. The average Bonchev–Trinajstić information content (AvgIpc) is 2.28. The van der Waals surface area contributed by atoms with Crippen molar-refractivity contribution in [2.24, 2.45) is 0 Å². The van der Waals surface area contributed by atoms with E-state index in [1.165, 1.54) is 6.20 Å². The van der Waals surface area contributed by atoms with E-state index in [1.807, 2.05) is 0 Å². The molecule has 1 aromatic carbocycles. The van der Waals surface area contributed by atoms with Crippen molar-refractivity contribution in [1.29, 1.82) is 0 Å². The van der Waals surface area contributed by atoms with E-state index in [4.69, 9.17) is 11.6 Å². The second-order valence-electron chi connectivity index (χ2n) is 3.23. The molecule has 1 aromatic heterocycles. The normalized spacial score (nSPS) is 10.1. The van der Waals surface area contributed by atoms with Gasteiger partial charge in [0.15, 0.2) is 5.78 Å². The monoisotopic (exact) mass is 295 g/mol. The van der Waals surface area contributed by atoms with Gasteiger partial charge in [-0.3, -0.25) is 9.78 Å². The lowest BCUT2D eigenvalue weighted by molar-refractivity contribution is 0.103. The maximum absolute atomic E-state index is 12.0. The molecule has 0 unspecified atom stereocenters. The molecule has 16 heavy (non-hydrogen) atoms. The standard InChI is InChI=1S/C12H7BrClNO/c13-10-4-9(6-15-7-10)12(16)8-2-1-3-11(14)5-8/h1-7H. The molecule has 0 aliphatic carbocycles. The number of benzene rings is 1. The zero-order chi connectivity index (χ0) is 11.5. The van der Waals surface area contributed by atoms with Crippen LogP contribution in [0.15, 0.2) is 47.2 Å². The Labute approximate surface area is 106 Å². The summed E-state index contributed by atoms with van der Waals surface area (Å²) in [6.45, 7) is 0. The number of aromatic nitrogens is 1. The van der Waals surface area contributed by atoms with Gasteiger partial charge in [0.2, 0.25) is 0 Å². The fraction of sp³-hybridized carbons (Fsp3) is 0. The molecule has 0 atom stereocenters. The van der Waals surface area contributed by atoms with Gasteiger partial charge in [0, 0.05) is 33.0 Å². The van der Waals surface area contributed by atoms with Gasteiger partial charge in [0.1, 0.15) is 0 Å². The van der Waals surface area contributed by atoms with Crippen molar-refractivity contribution >= 4 is 33.3 Å². The summed E-state index contributed by atoms with van der Waals surface area (Å²) in [7, 11) is 0. The Balaban J connectivity index is 2.39. The number of ketones is 1. The quantitative estimate of drug-likeness (QED) is 0.790. The summed E-state index contributed by atoms with van der Waals surface area (Å²) in [5.74, 6) is -0.0868. The third-order valence-corrected chi connectivity index (χ3v) is 2.72. The van der Waals surface area contributed by atoms with Gasteiger partial charge in [-0.1, -0.05) is 23.7 Å². The second kappa shape index (κ2) is 4.76. The van der Waals surface area contributed by atoms with E-state index < -0.39 is 0 Å². The highest BCUT2D eigenvalue weighted by Crippen LogP contribution is 2.16. The molecule has 0 saturated carbocycles. The Bertz CT molecular complexity index is 495. The molecule has 0 bridgehead atoms. The van der Waals surface area contributed by atoms with Crippen LogP contribution in [0.3, 0.4) is 0 Å². The molecular formula is C12H7BrClNO. The second-order valence-corrected chi connectivity index (χ2v) is 4.58. The smallest absolute Gasteiger partial charge is 0.194 e. The summed E-state index contributed by atoms with van der Waals surface area (Å²) < 4.78 is 0.778. The largest absolute Gasteiger partial charge is 0.289 e. The summed E-state index contributed by atoms with van der Waals surface area (Å²) in [5, 5.41) is 0.550. The fourth-order valence-corrected chi connectivity index (χ4v) is 1.89. The zero-order valence-electron chi connectivity index (χ0n) is 8.15. The maximum Gasteiger partial charge on any atom is 0.194 e. The predicted octanol–water partition coefficient (Wildman–Crippen LogP) is 3.73. The fourth-order valence-electron chi connectivity index (χ4n) is 1.33. The summed E-state index contributed by atoms with van der Waals surface area (Å²) in [4.78, 5) is 16.0. The molecule has 0 aliphatic rings.